The van der Waals surface area contributed by atoms with Crippen LogP contribution in [0.25, 0.3) is 0 Å². The lowest BCUT2D eigenvalue weighted by Gasteiger charge is -2.36. The Balaban J connectivity index is 2.24. The van der Waals surface area contributed by atoms with E-state index < -0.39 is 0 Å². The van der Waals surface area contributed by atoms with Crippen molar-refractivity contribution in [2.75, 3.05) is 40.3 Å². The molecule has 0 saturated carbocycles. The van der Waals surface area contributed by atoms with Crippen LogP contribution in [-0.2, 0) is 0 Å². The van der Waals surface area contributed by atoms with Gasteiger partial charge in [-0.25, -0.2) is 0 Å². The predicted molar refractivity (Wildman–Crippen MR) is 72.3 cm³/mol. The Kier molecular flexibility index (Phi) is 6.41. The number of hydrogen-bond donors (Lipinski definition) is 2. The average molecular weight is 243 g/mol. The van der Waals surface area contributed by atoms with E-state index in [1.165, 1.54) is 19.4 Å². The van der Waals surface area contributed by atoms with Gasteiger partial charge in [-0.05, 0) is 33.5 Å². The maximum Gasteiger partial charge on any atom is 0.0791 e. The van der Waals surface area contributed by atoms with Crippen LogP contribution < -0.4 is 5.32 Å². The molecule has 2 atom stereocenters. The van der Waals surface area contributed by atoms with E-state index in [2.05, 4.69) is 43.1 Å². The minimum Gasteiger partial charge on any atom is -0.390 e. The molecule has 1 saturated heterocycles. The molecule has 0 aliphatic carbocycles. The Morgan fingerprint density at radius 3 is 2.76 bits per heavy atom. The zero-order chi connectivity index (χ0) is 12.8. The van der Waals surface area contributed by atoms with Crippen molar-refractivity contribution in [2.24, 2.45) is 0 Å². The number of likely N-dealkylation sites (tertiary alicyclic amines) is 1. The van der Waals surface area contributed by atoms with E-state index in [9.17, 15) is 5.11 Å². The fraction of sp³-hybridized carbons (Fsp3) is 1.00. The second-order valence-corrected chi connectivity index (χ2v) is 5.71. The largest absolute Gasteiger partial charge is 0.390 e. The predicted octanol–water partition coefficient (Wildman–Crippen LogP) is 0.371. The van der Waals surface area contributed by atoms with Gasteiger partial charge in [0.05, 0.1) is 6.10 Å². The van der Waals surface area contributed by atoms with E-state index >= 15 is 0 Å². The SMILES string of the molecule is CC(C)NCC(O)CN(C)C1CCCN(C)C1. The summed E-state index contributed by atoms with van der Waals surface area (Å²) in [5, 5.41) is 13.2. The molecule has 0 bridgehead atoms. The van der Waals surface area contributed by atoms with Crippen molar-refractivity contribution in [1.29, 1.82) is 0 Å². The number of likely N-dealkylation sites (N-methyl/N-ethyl adjacent to an activating group) is 2. The average Bonchev–Trinajstić information content (AvgIpc) is 2.26. The Labute approximate surface area is 106 Å². The maximum atomic E-state index is 9.95. The Morgan fingerprint density at radius 2 is 2.18 bits per heavy atom. The molecule has 0 aromatic rings. The minimum absolute atomic E-state index is 0.269. The molecule has 0 amide bonds. The third-order valence-corrected chi connectivity index (χ3v) is 3.48. The molecule has 2 N–H and O–H groups in total. The fourth-order valence-electron chi connectivity index (χ4n) is 2.42. The van der Waals surface area contributed by atoms with Crippen LogP contribution in [0.3, 0.4) is 0 Å². The van der Waals surface area contributed by atoms with Crippen molar-refractivity contribution >= 4 is 0 Å². The van der Waals surface area contributed by atoms with Gasteiger partial charge in [-0.1, -0.05) is 13.8 Å². The van der Waals surface area contributed by atoms with Gasteiger partial charge in [0, 0.05) is 31.7 Å². The molecule has 0 aromatic heterocycles. The number of hydrogen-bond acceptors (Lipinski definition) is 4. The zero-order valence-corrected chi connectivity index (χ0v) is 11.8. The molecule has 1 aliphatic heterocycles. The van der Waals surface area contributed by atoms with Gasteiger partial charge in [-0.15, -0.1) is 0 Å². The normalized spacial score (nSPS) is 24.5. The summed E-state index contributed by atoms with van der Waals surface area (Å²) in [6.45, 7) is 7.99. The number of piperidine rings is 1. The summed E-state index contributed by atoms with van der Waals surface area (Å²) in [5.41, 5.74) is 0. The third-order valence-electron chi connectivity index (χ3n) is 3.48. The summed E-state index contributed by atoms with van der Waals surface area (Å²) in [6.07, 6.45) is 2.26. The van der Waals surface area contributed by atoms with Crippen LogP contribution in [0, 0.1) is 0 Å². The molecule has 4 nitrogen and oxygen atoms in total. The summed E-state index contributed by atoms with van der Waals surface area (Å²) in [4.78, 5) is 4.69. The van der Waals surface area contributed by atoms with Crippen molar-refractivity contribution in [1.82, 2.24) is 15.1 Å². The number of aliphatic hydroxyl groups excluding tert-OH is 1. The van der Waals surface area contributed by atoms with E-state index in [1.807, 2.05) is 0 Å². The van der Waals surface area contributed by atoms with Crippen LogP contribution in [0.2, 0.25) is 0 Å². The third kappa shape index (κ3) is 5.82. The monoisotopic (exact) mass is 243 g/mol. The van der Waals surface area contributed by atoms with Crippen LogP contribution >= 0.6 is 0 Å². The molecule has 102 valence electrons. The highest BCUT2D eigenvalue weighted by molar-refractivity contribution is 4.79. The minimum atomic E-state index is -0.269. The molecule has 1 aliphatic rings. The highest BCUT2D eigenvalue weighted by Crippen LogP contribution is 2.13. The van der Waals surface area contributed by atoms with Crippen LogP contribution in [0.15, 0.2) is 0 Å². The smallest absolute Gasteiger partial charge is 0.0791 e. The van der Waals surface area contributed by atoms with Crippen molar-refractivity contribution < 1.29 is 5.11 Å². The maximum absolute atomic E-state index is 9.95. The highest BCUT2D eigenvalue weighted by Gasteiger charge is 2.22. The first kappa shape index (κ1) is 14.9. The van der Waals surface area contributed by atoms with Gasteiger partial charge in [0.2, 0.25) is 0 Å². The van der Waals surface area contributed by atoms with Crippen LogP contribution in [-0.4, -0.2) is 73.4 Å². The Bertz CT molecular complexity index is 211. The molecular formula is C13H29N3O. The van der Waals surface area contributed by atoms with Gasteiger partial charge in [0.1, 0.15) is 0 Å². The molecular weight excluding hydrogens is 214 g/mol. The summed E-state index contributed by atoms with van der Waals surface area (Å²) in [7, 11) is 4.30. The van der Waals surface area contributed by atoms with E-state index in [4.69, 9.17) is 0 Å². The first-order valence-corrected chi connectivity index (χ1v) is 6.79. The van der Waals surface area contributed by atoms with E-state index in [1.54, 1.807) is 0 Å². The number of rotatable bonds is 6. The van der Waals surface area contributed by atoms with Crippen molar-refractivity contribution in [3.63, 3.8) is 0 Å². The van der Waals surface area contributed by atoms with Crippen molar-refractivity contribution in [3.8, 4) is 0 Å². The van der Waals surface area contributed by atoms with E-state index in [0.717, 1.165) is 13.1 Å². The van der Waals surface area contributed by atoms with Gasteiger partial charge in [-0.2, -0.15) is 0 Å². The number of nitrogens with zero attached hydrogens (tertiary/aromatic N) is 2. The first-order valence-electron chi connectivity index (χ1n) is 6.79. The lowest BCUT2D eigenvalue weighted by Crippen LogP contribution is -2.48. The topological polar surface area (TPSA) is 38.7 Å². The summed E-state index contributed by atoms with van der Waals surface area (Å²) in [5.74, 6) is 0. The van der Waals surface area contributed by atoms with Crippen molar-refractivity contribution in [3.05, 3.63) is 0 Å². The molecule has 1 rings (SSSR count). The molecule has 1 heterocycles. The molecule has 1 fully saturated rings. The lowest BCUT2D eigenvalue weighted by molar-refractivity contribution is 0.0732. The van der Waals surface area contributed by atoms with Crippen LogP contribution in [0.4, 0.5) is 0 Å². The second-order valence-electron chi connectivity index (χ2n) is 5.71. The molecule has 2 unspecified atom stereocenters. The van der Waals surface area contributed by atoms with Crippen LogP contribution in [0.5, 0.6) is 0 Å². The van der Waals surface area contributed by atoms with E-state index in [0.29, 0.717) is 18.6 Å². The quantitative estimate of drug-likeness (QED) is 0.707. The van der Waals surface area contributed by atoms with Gasteiger partial charge in [0.25, 0.3) is 0 Å². The summed E-state index contributed by atoms with van der Waals surface area (Å²) < 4.78 is 0. The number of nitrogens with one attached hydrogen (secondary N) is 1. The standard InChI is InChI=1S/C13H29N3O/c1-11(2)14-8-13(17)10-16(4)12-6-5-7-15(3)9-12/h11-14,17H,5-10H2,1-4H3. The molecule has 0 aromatic carbocycles. The first-order chi connectivity index (χ1) is 7.99. The molecule has 0 radical (unpaired) electrons. The highest BCUT2D eigenvalue weighted by atomic mass is 16.3. The Morgan fingerprint density at radius 1 is 1.47 bits per heavy atom. The summed E-state index contributed by atoms with van der Waals surface area (Å²) in [6, 6.07) is 1.04. The Hall–Kier alpha value is -0.160. The van der Waals surface area contributed by atoms with Gasteiger partial charge in [-0.3, -0.25) is 4.90 Å². The van der Waals surface area contributed by atoms with Gasteiger partial charge in [0.15, 0.2) is 0 Å². The molecule has 4 heteroatoms. The van der Waals surface area contributed by atoms with Gasteiger partial charge < -0.3 is 15.3 Å². The summed E-state index contributed by atoms with van der Waals surface area (Å²) >= 11 is 0. The second kappa shape index (κ2) is 7.31. The fourth-order valence-corrected chi connectivity index (χ4v) is 2.42. The van der Waals surface area contributed by atoms with Crippen molar-refractivity contribution in [2.45, 2.75) is 44.9 Å². The molecule has 0 spiro atoms. The molecule has 17 heavy (non-hydrogen) atoms. The van der Waals surface area contributed by atoms with Crippen LogP contribution in [0.1, 0.15) is 26.7 Å². The van der Waals surface area contributed by atoms with E-state index in [-0.39, 0.29) is 6.10 Å². The zero-order valence-electron chi connectivity index (χ0n) is 11.8. The lowest BCUT2D eigenvalue weighted by atomic mass is 10.0. The van der Waals surface area contributed by atoms with Gasteiger partial charge >= 0.3 is 0 Å². The number of aliphatic hydroxyl groups is 1.